The number of nitrogens with zero attached hydrogens (tertiary/aromatic N) is 2. The minimum atomic E-state index is -0.495. The number of likely N-dealkylation sites (tertiary alicyclic amines) is 1. The Labute approximate surface area is 206 Å². The molecule has 2 aliphatic heterocycles. The van der Waals surface area contributed by atoms with Crippen molar-refractivity contribution in [2.75, 3.05) is 19.6 Å². The van der Waals surface area contributed by atoms with E-state index in [0.29, 0.717) is 30.0 Å². The molecule has 0 bridgehead atoms. The highest BCUT2D eigenvalue weighted by Gasteiger charge is 2.37. The van der Waals surface area contributed by atoms with Crippen LogP contribution in [0, 0.1) is 0 Å². The monoisotopic (exact) mass is 486 g/mol. The lowest BCUT2D eigenvalue weighted by Gasteiger charge is -2.18. The van der Waals surface area contributed by atoms with Crippen LogP contribution in [-0.4, -0.2) is 52.5 Å². The van der Waals surface area contributed by atoms with Gasteiger partial charge in [-0.25, -0.2) is 4.79 Å². The molecule has 7 nitrogen and oxygen atoms in total. The van der Waals surface area contributed by atoms with Crippen LogP contribution in [0.15, 0.2) is 71.6 Å². The Kier molecular flexibility index (Phi) is 6.37. The third kappa shape index (κ3) is 4.83. The van der Waals surface area contributed by atoms with Gasteiger partial charge < -0.3 is 9.64 Å². The molecular weight excluding hydrogens is 464 g/mol. The van der Waals surface area contributed by atoms with Crippen molar-refractivity contribution in [2.45, 2.75) is 12.8 Å². The van der Waals surface area contributed by atoms with Crippen LogP contribution >= 0.6 is 11.8 Å². The number of thioether (sulfide) groups is 1. The minimum absolute atomic E-state index is 0.214. The van der Waals surface area contributed by atoms with Gasteiger partial charge in [0.15, 0.2) is 0 Å². The van der Waals surface area contributed by atoms with Gasteiger partial charge in [-0.15, -0.1) is 0 Å². The van der Waals surface area contributed by atoms with Crippen molar-refractivity contribution in [3.05, 3.63) is 82.8 Å². The van der Waals surface area contributed by atoms with Crippen LogP contribution in [0.1, 0.15) is 28.8 Å². The number of esters is 1. The van der Waals surface area contributed by atoms with Gasteiger partial charge in [0.25, 0.3) is 11.1 Å². The number of hydrogen-bond acceptors (Lipinski definition) is 6. The van der Waals surface area contributed by atoms with Gasteiger partial charge in [0, 0.05) is 13.1 Å². The number of hydrogen-bond donors (Lipinski definition) is 0. The number of fused-ring (bicyclic) bond motifs is 1. The Hall–Kier alpha value is -3.91. The van der Waals surface area contributed by atoms with E-state index in [9.17, 15) is 19.2 Å². The predicted molar refractivity (Wildman–Crippen MR) is 134 cm³/mol. The first kappa shape index (κ1) is 22.9. The first-order valence-corrected chi connectivity index (χ1v) is 12.1. The van der Waals surface area contributed by atoms with Gasteiger partial charge >= 0.3 is 5.97 Å². The lowest BCUT2D eigenvalue weighted by Crippen LogP contribution is -2.40. The molecule has 0 saturated carbocycles. The number of carbonyl (C=O) groups is 4. The van der Waals surface area contributed by atoms with Crippen LogP contribution < -0.4 is 4.74 Å². The molecule has 35 heavy (non-hydrogen) atoms. The van der Waals surface area contributed by atoms with Gasteiger partial charge in [0.1, 0.15) is 12.3 Å². The third-order valence-electron chi connectivity index (χ3n) is 6.00. The number of imide groups is 1. The van der Waals surface area contributed by atoms with Crippen molar-refractivity contribution in [1.29, 1.82) is 0 Å². The summed E-state index contributed by atoms with van der Waals surface area (Å²) in [4.78, 5) is 53.4. The van der Waals surface area contributed by atoms with Crippen molar-refractivity contribution < 1.29 is 23.9 Å². The number of amides is 3. The first-order chi connectivity index (χ1) is 17.0. The fourth-order valence-electron chi connectivity index (χ4n) is 4.22. The average molecular weight is 487 g/mol. The van der Waals surface area contributed by atoms with E-state index in [2.05, 4.69) is 0 Å². The second kappa shape index (κ2) is 9.76. The Bertz CT molecular complexity index is 1370. The molecule has 3 aromatic rings. The molecule has 3 amide bonds. The molecule has 2 fully saturated rings. The summed E-state index contributed by atoms with van der Waals surface area (Å²) >= 11 is 0.799. The van der Waals surface area contributed by atoms with Crippen molar-refractivity contribution in [3.63, 3.8) is 0 Å². The first-order valence-electron chi connectivity index (χ1n) is 11.3. The Balaban J connectivity index is 1.31. The zero-order chi connectivity index (χ0) is 24.4. The molecule has 2 saturated heterocycles. The van der Waals surface area contributed by atoms with Crippen molar-refractivity contribution in [1.82, 2.24) is 9.80 Å². The summed E-state index contributed by atoms with van der Waals surface area (Å²) in [6.45, 7) is 1.08. The fourth-order valence-corrected chi connectivity index (χ4v) is 5.06. The minimum Gasteiger partial charge on any atom is -0.423 e. The van der Waals surface area contributed by atoms with E-state index < -0.39 is 17.1 Å². The summed E-state index contributed by atoms with van der Waals surface area (Å²) in [6.07, 6.45) is 3.45. The van der Waals surface area contributed by atoms with Crippen LogP contribution in [0.3, 0.4) is 0 Å². The Morgan fingerprint density at radius 2 is 1.69 bits per heavy atom. The van der Waals surface area contributed by atoms with Gasteiger partial charge in [-0.2, -0.15) is 0 Å². The van der Waals surface area contributed by atoms with E-state index >= 15 is 0 Å². The average Bonchev–Trinajstić information content (AvgIpc) is 3.49. The predicted octanol–water partition coefficient (Wildman–Crippen LogP) is 4.72. The van der Waals surface area contributed by atoms with E-state index in [4.69, 9.17) is 4.74 Å². The summed E-state index contributed by atoms with van der Waals surface area (Å²) in [5.74, 6) is -0.876. The summed E-state index contributed by atoms with van der Waals surface area (Å²) in [5, 5.41) is 1.27. The standard InChI is InChI=1S/C27H22N2O5S/c30-24(28-13-3-4-14-28)17-29-25(31)23(35-27(29)33)16-18-7-5-10-20(15-18)34-26(32)22-12-6-9-19-8-1-2-11-21(19)22/h1-2,5-12,15-16H,3-4,13-14,17H2/b23-16-. The van der Waals surface area contributed by atoms with Crippen LogP contribution in [0.25, 0.3) is 16.8 Å². The van der Waals surface area contributed by atoms with Gasteiger partial charge in [-0.3, -0.25) is 19.3 Å². The van der Waals surface area contributed by atoms with Crippen LogP contribution in [-0.2, 0) is 9.59 Å². The Morgan fingerprint density at radius 3 is 2.51 bits per heavy atom. The second-order valence-electron chi connectivity index (χ2n) is 8.34. The zero-order valence-corrected chi connectivity index (χ0v) is 19.6. The van der Waals surface area contributed by atoms with Crippen molar-refractivity contribution in [3.8, 4) is 5.75 Å². The smallest absolute Gasteiger partial charge is 0.344 e. The maximum atomic E-state index is 12.9. The molecule has 0 unspecified atom stereocenters. The summed E-state index contributed by atoms with van der Waals surface area (Å²) in [7, 11) is 0. The number of ether oxygens (including phenoxy) is 1. The van der Waals surface area contributed by atoms with E-state index in [1.807, 2.05) is 30.3 Å². The van der Waals surface area contributed by atoms with Crippen molar-refractivity contribution >= 4 is 51.6 Å². The normalized spacial score (nSPS) is 17.0. The molecule has 0 spiro atoms. The third-order valence-corrected chi connectivity index (χ3v) is 6.91. The van der Waals surface area contributed by atoms with E-state index in [-0.39, 0.29) is 17.4 Å². The SMILES string of the molecule is O=C(Oc1cccc(/C=C2\SC(=O)N(CC(=O)N3CCCC3)C2=O)c1)c1cccc2ccccc12. The number of benzene rings is 3. The molecule has 2 heterocycles. The van der Waals surface area contributed by atoms with E-state index in [1.165, 1.54) is 0 Å². The van der Waals surface area contributed by atoms with Crippen molar-refractivity contribution in [2.24, 2.45) is 0 Å². The van der Waals surface area contributed by atoms with Crippen LogP contribution in [0.4, 0.5) is 4.79 Å². The fraction of sp³-hybridized carbons (Fsp3) is 0.185. The Morgan fingerprint density at radius 1 is 0.943 bits per heavy atom. The van der Waals surface area contributed by atoms with Gasteiger partial charge in [-0.1, -0.05) is 48.5 Å². The largest absolute Gasteiger partial charge is 0.423 e. The molecule has 5 rings (SSSR count). The van der Waals surface area contributed by atoms with Crippen LogP contribution in [0.5, 0.6) is 5.75 Å². The lowest BCUT2D eigenvalue weighted by atomic mass is 10.0. The highest BCUT2D eigenvalue weighted by molar-refractivity contribution is 8.18. The maximum absolute atomic E-state index is 12.9. The van der Waals surface area contributed by atoms with Gasteiger partial charge in [-0.05, 0) is 65.2 Å². The molecule has 3 aromatic carbocycles. The van der Waals surface area contributed by atoms with E-state index in [0.717, 1.165) is 40.3 Å². The molecule has 8 heteroatoms. The highest BCUT2D eigenvalue weighted by atomic mass is 32.2. The molecule has 0 atom stereocenters. The second-order valence-corrected chi connectivity index (χ2v) is 9.34. The maximum Gasteiger partial charge on any atom is 0.344 e. The molecule has 2 aliphatic rings. The van der Waals surface area contributed by atoms with Crippen LogP contribution in [0.2, 0.25) is 0 Å². The topological polar surface area (TPSA) is 84.0 Å². The quantitative estimate of drug-likeness (QED) is 0.295. The summed E-state index contributed by atoms with van der Waals surface area (Å²) in [6, 6.07) is 19.8. The van der Waals surface area contributed by atoms with Gasteiger partial charge in [0.2, 0.25) is 5.91 Å². The summed E-state index contributed by atoms with van der Waals surface area (Å²) in [5.41, 5.74) is 1.06. The molecule has 0 aromatic heterocycles. The van der Waals surface area contributed by atoms with E-state index in [1.54, 1.807) is 47.4 Å². The molecular formula is C27H22N2O5S. The molecule has 176 valence electrons. The number of rotatable bonds is 5. The molecule has 0 N–H and O–H groups in total. The highest BCUT2D eigenvalue weighted by Crippen LogP contribution is 2.33. The molecule has 0 aliphatic carbocycles. The molecule has 0 radical (unpaired) electrons. The zero-order valence-electron chi connectivity index (χ0n) is 18.8. The lowest BCUT2D eigenvalue weighted by molar-refractivity contribution is -0.135. The number of carbonyl (C=O) groups excluding carboxylic acids is 4. The summed E-state index contributed by atoms with van der Waals surface area (Å²) < 4.78 is 5.60. The van der Waals surface area contributed by atoms with Gasteiger partial charge in [0.05, 0.1) is 10.5 Å².